The number of methoxy groups -OCH3 is 2. The molecule has 0 saturated carbocycles. The number of rotatable bonds is 6. The lowest BCUT2D eigenvalue weighted by Crippen LogP contribution is -2.62. The summed E-state index contributed by atoms with van der Waals surface area (Å²) in [7, 11) is 2.92. The molecule has 1 aliphatic rings. The van der Waals surface area contributed by atoms with Gasteiger partial charge >= 0.3 is 5.97 Å². The highest BCUT2D eigenvalue weighted by Gasteiger charge is 2.38. The summed E-state index contributed by atoms with van der Waals surface area (Å²) in [4.78, 5) is 25.2. The molecule has 7 nitrogen and oxygen atoms in total. The summed E-state index contributed by atoms with van der Waals surface area (Å²) in [6.07, 6.45) is 2.88. The van der Waals surface area contributed by atoms with Crippen molar-refractivity contribution in [2.75, 3.05) is 25.7 Å². The van der Waals surface area contributed by atoms with E-state index in [0.29, 0.717) is 23.7 Å². The molecule has 0 aliphatic carbocycles. The van der Waals surface area contributed by atoms with Gasteiger partial charge in [0.05, 0.1) is 26.5 Å². The molecule has 1 unspecified atom stereocenters. The fourth-order valence-electron chi connectivity index (χ4n) is 2.69. The highest BCUT2D eigenvalue weighted by Crippen LogP contribution is 2.31. The first kappa shape index (κ1) is 17.6. The Morgan fingerprint density at radius 3 is 2.65 bits per heavy atom. The number of nitrogens with one attached hydrogen (secondary N) is 1. The number of hydrogen-bond donors (Lipinski definition) is 1. The molecule has 3 rings (SSSR count). The maximum Gasteiger partial charge on any atom is 0.332 e. The number of carbonyl (C=O) groups excluding carboxylic acids is 2. The van der Waals surface area contributed by atoms with Crippen LogP contribution in [-0.4, -0.2) is 38.7 Å². The Morgan fingerprint density at radius 2 is 2.04 bits per heavy atom. The molecule has 1 amide bonds. The van der Waals surface area contributed by atoms with Crippen LogP contribution < -0.4 is 15.0 Å². The van der Waals surface area contributed by atoms with E-state index in [1.807, 2.05) is 30.3 Å². The molecule has 2 heterocycles. The minimum absolute atomic E-state index is 0.0790. The van der Waals surface area contributed by atoms with Gasteiger partial charge < -0.3 is 24.1 Å². The molecule has 136 valence electrons. The first-order valence-electron chi connectivity index (χ1n) is 8.09. The average Bonchev–Trinajstić information content (AvgIpc) is 3.13. The zero-order valence-electron chi connectivity index (χ0n) is 14.8. The monoisotopic (exact) mass is 356 g/mol. The molecule has 1 aromatic carbocycles. The number of ether oxygens (including phenoxy) is 2. The maximum atomic E-state index is 12.3. The highest BCUT2D eigenvalue weighted by molar-refractivity contribution is 6.04. The van der Waals surface area contributed by atoms with E-state index in [1.165, 1.54) is 13.2 Å². The van der Waals surface area contributed by atoms with Crippen LogP contribution in [0, 0.1) is 0 Å². The third-order valence-electron chi connectivity index (χ3n) is 4.14. The number of furan rings is 1. The van der Waals surface area contributed by atoms with E-state index >= 15 is 0 Å². The van der Waals surface area contributed by atoms with Crippen LogP contribution in [0.5, 0.6) is 5.75 Å². The van der Waals surface area contributed by atoms with Crippen LogP contribution >= 0.6 is 0 Å². The van der Waals surface area contributed by atoms with Crippen LogP contribution in [0.15, 0.2) is 52.8 Å². The molecule has 26 heavy (non-hydrogen) atoms. The Hall–Kier alpha value is -3.22. The third-order valence-corrected chi connectivity index (χ3v) is 4.14. The Morgan fingerprint density at radius 1 is 1.31 bits per heavy atom. The van der Waals surface area contributed by atoms with E-state index in [9.17, 15) is 9.59 Å². The maximum absolute atomic E-state index is 12.3. The van der Waals surface area contributed by atoms with Gasteiger partial charge in [0, 0.05) is 23.4 Å². The van der Waals surface area contributed by atoms with Gasteiger partial charge in [0.15, 0.2) is 0 Å². The lowest BCUT2D eigenvalue weighted by atomic mass is 10.1. The predicted octanol–water partition coefficient (Wildman–Crippen LogP) is 2.34. The van der Waals surface area contributed by atoms with E-state index < -0.39 is 5.97 Å². The summed E-state index contributed by atoms with van der Waals surface area (Å²) in [5.41, 5.74) is 2.19. The lowest BCUT2D eigenvalue weighted by molar-refractivity contribution is -0.135. The van der Waals surface area contributed by atoms with Crippen molar-refractivity contribution in [3.8, 4) is 17.1 Å². The van der Waals surface area contributed by atoms with Crippen LogP contribution in [0.25, 0.3) is 11.3 Å². The zero-order chi connectivity index (χ0) is 18.7. The molecule has 1 aliphatic heterocycles. The molecule has 1 N–H and O–H groups in total. The van der Waals surface area contributed by atoms with Crippen LogP contribution in [-0.2, 0) is 14.3 Å². The summed E-state index contributed by atoms with van der Waals surface area (Å²) in [6, 6.07) is 8.95. The number of benzene rings is 1. The smallest absolute Gasteiger partial charge is 0.332 e. The van der Waals surface area contributed by atoms with Gasteiger partial charge in [-0.05, 0) is 31.2 Å². The van der Waals surface area contributed by atoms with Crippen LogP contribution in [0.2, 0.25) is 0 Å². The van der Waals surface area contributed by atoms with Crippen LogP contribution in [0.1, 0.15) is 6.92 Å². The molecule has 1 aromatic heterocycles. The number of carbonyl (C=O) groups is 2. The van der Waals surface area contributed by atoms with Gasteiger partial charge in [-0.3, -0.25) is 4.79 Å². The normalized spacial score (nSPS) is 16.9. The molecule has 1 atom stereocenters. The van der Waals surface area contributed by atoms with Crippen molar-refractivity contribution >= 4 is 17.6 Å². The fraction of sp³-hybridized carbons (Fsp3) is 0.263. The van der Waals surface area contributed by atoms with E-state index in [1.54, 1.807) is 25.2 Å². The second-order valence-electron chi connectivity index (χ2n) is 5.89. The molecular weight excluding hydrogens is 336 g/mol. The average molecular weight is 356 g/mol. The van der Waals surface area contributed by atoms with Gasteiger partial charge in [0.2, 0.25) is 0 Å². The lowest BCUT2D eigenvalue weighted by Gasteiger charge is -2.38. The van der Waals surface area contributed by atoms with Gasteiger partial charge in [-0.15, -0.1) is 0 Å². The van der Waals surface area contributed by atoms with Crippen molar-refractivity contribution < 1.29 is 23.5 Å². The van der Waals surface area contributed by atoms with Crippen molar-refractivity contribution in [3.05, 3.63) is 48.4 Å². The largest absolute Gasteiger partial charge is 0.497 e. The number of anilines is 1. The standard InChI is InChI=1S/C19H20N2O5/c1-12(8-18(22)25-3)20-16-10-21(19(16)23)14-9-17(26-11-14)13-4-6-15(24-2)7-5-13/h4-9,11,16,20H,10H2,1-3H3/b12-8-. The first-order chi connectivity index (χ1) is 12.5. The minimum atomic E-state index is -0.461. The second kappa shape index (κ2) is 7.35. The number of allylic oxidation sites excluding steroid dienone is 1. The molecule has 1 saturated heterocycles. The van der Waals surface area contributed by atoms with Gasteiger partial charge in [-0.25, -0.2) is 4.79 Å². The second-order valence-corrected chi connectivity index (χ2v) is 5.89. The van der Waals surface area contributed by atoms with Gasteiger partial charge in [-0.1, -0.05) is 0 Å². The molecule has 1 fully saturated rings. The van der Waals surface area contributed by atoms with Crippen molar-refractivity contribution in [1.82, 2.24) is 5.32 Å². The highest BCUT2D eigenvalue weighted by atomic mass is 16.5. The fourth-order valence-corrected chi connectivity index (χ4v) is 2.69. The van der Waals surface area contributed by atoms with Gasteiger partial charge in [0.25, 0.3) is 5.91 Å². The van der Waals surface area contributed by atoms with Crippen molar-refractivity contribution in [2.45, 2.75) is 13.0 Å². The van der Waals surface area contributed by atoms with E-state index in [0.717, 1.165) is 11.3 Å². The summed E-state index contributed by atoms with van der Waals surface area (Å²) in [5.74, 6) is 0.902. The summed E-state index contributed by atoms with van der Waals surface area (Å²) in [6.45, 7) is 2.21. The minimum Gasteiger partial charge on any atom is -0.497 e. The number of hydrogen-bond acceptors (Lipinski definition) is 6. The van der Waals surface area contributed by atoms with Crippen molar-refractivity contribution in [3.63, 3.8) is 0 Å². The van der Waals surface area contributed by atoms with E-state index in [-0.39, 0.29) is 11.9 Å². The molecule has 0 radical (unpaired) electrons. The summed E-state index contributed by atoms with van der Waals surface area (Å²) in [5, 5.41) is 3.01. The number of esters is 1. The van der Waals surface area contributed by atoms with Crippen LogP contribution in [0.4, 0.5) is 5.69 Å². The van der Waals surface area contributed by atoms with Crippen LogP contribution in [0.3, 0.4) is 0 Å². The SMILES string of the molecule is COC(=O)/C=C(/C)NC1CN(c2coc(-c3ccc(OC)cc3)c2)C1=O. The number of β-lactam (4-membered cyclic amide) rings is 1. The summed E-state index contributed by atoms with van der Waals surface area (Å²) >= 11 is 0. The molecule has 0 bridgehead atoms. The van der Waals surface area contributed by atoms with E-state index in [2.05, 4.69) is 10.1 Å². The first-order valence-corrected chi connectivity index (χ1v) is 8.09. The Labute approximate surface area is 151 Å². The molecule has 0 spiro atoms. The summed E-state index contributed by atoms with van der Waals surface area (Å²) < 4.78 is 15.3. The number of nitrogens with zero attached hydrogens (tertiary/aromatic N) is 1. The Bertz CT molecular complexity index is 838. The zero-order valence-corrected chi connectivity index (χ0v) is 14.8. The van der Waals surface area contributed by atoms with Crippen molar-refractivity contribution in [2.24, 2.45) is 0 Å². The van der Waals surface area contributed by atoms with E-state index in [4.69, 9.17) is 9.15 Å². The number of amides is 1. The predicted molar refractivity (Wildman–Crippen MR) is 95.7 cm³/mol. The quantitative estimate of drug-likeness (QED) is 0.486. The molecule has 7 heteroatoms. The Kier molecular flexibility index (Phi) is 4.97. The molecular formula is C19H20N2O5. The topological polar surface area (TPSA) is 81.0 Å². The van der Waals surface area contributed by atoms with Gasteiger partial charge in [-0.2, -0.15) is 0 Å². The third kappa shape index (κ3) is 3.56. The molecule has 2 aromatic rings. The van der Waals surface area contributed by atoms with Gasteiger partial charge in [0.1, 0.15) is 23.8 Å². The van der Waals surface area contributed by atoms with Crippen molar-refractivity contribution in [1.29, 1.82) is 0 Å². The Balaban J connectivity index is 1.63.